The van der Waals surface area contributed by atoms with Gasteiger partial charge < -0.3 is 4.74 Å². The number of carbonyl (C=O) groups is 1. The summed E-state index contributed by atoms with van der Waals surface area (Å²) in [6, 6.07) is 5.84. The molecule has 0 bridgehead atoms. The molecule has 0 unspecified atom stereocenters. The van der Waals surface area contributed by atoms with Crippen LogP contribution in [0, 0.1) is 10.1 Å². The number of benzene rings is 1. The summed E-state index contributed by atoms with van der Waals surface area (Å²) in [7, 11) is 1.70. The zero-order chi connectivity index (χ0) is 13.8. The minimum absolute atomic E-state index is 0.00216. The Morgan fingerprint density at radius 2 is 2.11 bits per heavy atom. The molecule has 0 aliphatic rings. The van der Waals surface area contributed by atoms with Crippen molar-refractivity contribution in [1.82, 2.24) is 9.78 Å². The molecule has 0 aliphatic heterocycles. The second kappa shape index (κ2) is 5.30. The fraction of sp³-hybridized carbons (Fsp3) is 0.167. The van der Waals surface area contributed by atoms with Gasteiger partial charge in [0.2, 0.25) is 0 Å². The van der Waals surface area contributed by atoms with E-state index in [4.69, 9.17) is 4.74 Å². The summed E-state index contributed by atoms with van der Waals surface area (Å²) in [5.41, 5.74) is 1.05. The number of nitro groups is 1. The fourth-order valence-electron chi connectivity index (χ4n) is 1.47. The molecule has 19 heavy (non-hydrogen) atoms. The van der Waals surface area contributed by atoms with Crippen molar-refractivity contribution in [1.29, 1.82) is 0 Å². The number of ether oxygens (including phenoxy) is 1. The van der Waals surface area contributed by atoms with Crippen molar-refractivity contribution in [2.24, 2.45) is 7.05 Å². The normalized spacial score (nSPS) is 10.2. The molecule has 0 fully saturated rings. The largest absolute Gasteiger partial charge is 0.457 e. The predicted molar refractivity (Wildman–Crippen MR) is 65.4 cm³/mol. The van der Waals surface area contributed by atoms with Crippen LogP contribution in [0.3, 0.4) is 0 Å². The van der Waals surface area contributed by atoms with E-state index in [1.165, 1.54) is 23.0 Å². The Bertz CT molecular complexity index is 604. The summed E-state index contributed by atoms with van der Waals surface area (Å²) >= 11 is 0. The van der Waals surface area contributed by atoms with Gasteiger partial charge in [-0.2, -0.15) is 5.10 Å². The fourth-order valence-corrected chi connectivity index (χ4v) is 1.47. The maximum Gasteiger partial charge on any atom is 0.341 e. The van der Waals surface area contributed by atoms with E-state index in [0.29, 0.717) is 11.1 Å². The Morgan fingerprint density at radius 1 is 1.42 bits per heavy atom. The molecule has 0 atom stereocenters. The molecule has 0 spiro atoms. The summed E-state index contributed by atoms with van der Waals surface area (Å²) in [5, 5.41) is 14.3. The van der Waals surface area contributed by atoms with Crippen LogP contribution in [-0.2, 0) is 18.4 Å². The van der Waals surface area contributed by atoms with E-state index in [2.05, 4.69) is 5.10 Å². The number of nitro benzene ring substituents is 1. The summed E-state index contributed by atoms with van der Waals surface area (Å²) in [6.07, 6.45) is 2.97. The van der Waals surface area contributed by atoms with Crippen LogP contribution in [0.1, 0.15) is 15.9 Å². The van der Waals surface area contributed by atoms with Crippen LogP contribution in [0.15, 0.2) is 36.7 Å². The standard InChI is InChI=1S/C12H11N3O4/c1-14-7-10(6-13-14)12(16)19-8-9-2-4-11(5-3-9)15(17)18/h2-7H,8H2,1H3. The van der Waals surface area contributed by atoms with Gasteiger partial charge in [-0.25, -0.2) is 4.79 Å². The highest BCUT2D eigenvalue weighted by molar-refractivity contribution is 5.88. The highest BCUT2D eigenvalue weighted by atomic mass is 16.6. The van der Waals surface area contributed by atoms with Gasteiger partial charge in [0.25, 0.3) is 5.69 Å². The Labute approximate surface area is 108 Å². The van der Waals surface area contributed by atoms with Crippen molar-refractivity contribution in [3.8, 4) is 0 Å². The number of rotatable bonds is 4. The van der Waals surface area contributed by atoms with Gasteiger partial charge in [-0.3, -0.25) is 14.8 Å². The summed E-state index contributed by atoms with van der Waals surface area (Å²) in [5.74, 6) is -0.480. The van der Waals surface area contributed by atoms with Gasteiger partial charge in [-0.15, -0.1) is 0 Å². The molecular weight excluding hydrogens is 250 g/mol. The van der Waals surface area contributed by atoms with Crippen molar-refractivity contribution in [2.45, 2.75) is 6.61 Å². The molecule has 0 saturated carbocycles. The van der Waals surface area contributed by atoms with Crippen LogP contribution in [0.5, 0.6) is 0 Å². The number of aryl methyl sites for hydroxylation is 1. The Morgan fingerprint density at radius 3 is 2.63 bits per heavy atom. The first-order valence-corrected chi connectivity index (χ1v) is 5.45. The number of non-ortho nitro benzene ring substituents is 1. The minimum Gasteiger partial charge on any atom is -0.457 e. The number of hydrogen-bond acceptors (Lipinski definition) is 5. The van der Waals surface area contributed by atoms with Gasteiger partial charge in [-0.05, 0) is 17.7 Å². The molecular formula is C12H11N3O4. The summed E-state index contributed by atoms with van der Waals surface area (Å²) in [4.78, 5) is 21.6. The first-order chi connectivity index (χ1) is 9.06. The molecule has 7 nitrogen and oxygen atoms in total. The first kappa shape index (κ1) is 12.7. The lowest BCUT2D eigenvalue weighted by molar-refractivity contribution is -0.384. The minimum atomic E-state index is -0.481. The van der Waals surface area contributed by atoms with Crippen LogP contribution in [0.4, 0.5) is 5.69 Å². The molecule has 0 radical (unpaired) electrons. The number of aromatic nitrogens is 2. The lowest BCUT2D eigenvalue weighted by Gasteiger charge is -2.03. The average Bonchev–Trinajstić information content (AvgIpc) is 2.83. The molecule has 0 saturated heterocycles. The zero-order valence-electron chi connectivity index (χ0n) is 10.1. The SMILES string of the molecule is Cn1cc(C(=O)OCc2ccc([N+](=O)[O-])cc2)cn1. The second-order valence-electron chi connectivity index (χ2n) is 3.90. The molecule has 2 aromatic rings. The third-order valence-electron chi connectivity index (χ3n) is 2.46. The molecule has 2 rings (SSSR count). The lowest BCUT2D eigenvalue weighted by atomic mass is 10.2. The third-order valence-corrected chi connectivity index (χ3v) is 2.46. The molecule has 1 aromatic heterocycles. The average molecular weight is 261 g/mol. The highest BCUT2D eigenvalue weighted by Gasteiger charge is 2.10. The number of esters is 1. The Balaban J connectivity index is 1.95. The van der Waals surface area contributed by atoms with E-state index in [1.807, 2.05) is 0 Å². The van der Waals surface area contributed by atoms with Gasteiger partial charge in [0.1, 0.15) is 6.61 Å². The third kappa shape index (κ3) is 3.15. The van der Waals surface area contributed by atoms with Crippen molar-refractivity contribution in [3.05, 3.63) is 57.9 Å². The molecule has 1 aromatic carbocycles. The lowest BCUT2D eigenvalue weighted by Crippen LogP contribution is -2.04. The van der Waals surface area contributed by atoms with Crippen molar-refractivity contribution < 1.29 is 14.5 Å². The molecule has 1 heterocycles. The zero-order valence-corrected chi connectivity index (χ0v) is 10.1. The van der Waals surface area contributed by atoms with E-state index in [0.717, 1.165) is 0 Å². The van der Waals surface area contributed by atoms with Crippen molar-refractivity contribution >= 4 is 11.7 Å². The van der Waals surface area contributed by atoms with Gasteiger partial charge in [0.05, 0.1) is 16.7 Å². The predicted octanol–water partition coefficient (Wildman–Crippen LogP) is 1.69. The quantitative estimate of drug-likeness (QED) is 0.474. The van der Waals surface area contributed by atoms with Crippen LogP contribution in [0.25, 0.3) is 0 Å². The molecule has 98 valence electrons. The molecule has 0 aliphatic carbocycles. The Kier molecular flexibility index (Phi) is 3.56. The van der Waals surface area contributed by atoms with E-state index in [9.17, 15) is 14.9 Å². The maximum absolute atomic E-state index is 11.6. The van der Waals surface area contributed by atoms with Crippen LogP contribution in [0.2, 0.25) is 0 Å². The summed E-state index contributed by atoms with van der Waals surface area (Å²) < 4.78 is 6.57. The smallest absolute Gasteiger partial charge is 0.341 e. The second-order valence-corrected chi connectivity index (χ2v) is 3.90. The van der Waals surface area contributed by atoms with Crippen molar-refractivity contribution in [2.75, 3.05) is 0 Å². The molecule has 0 N–H and O–H groups in total. The van der Waals surface area contributed by atoms with Gasteiger partial charge in [0, 0.05) is 25.4 Å². The van der Waals surface area contributed by atoms with Crippen LogP contribution in [-0.4, -0.2) is 20.7 Å². The van der Waals surface area contributed by atoms with E-state index in [1.54, 1.807) is 25.4 Å². The highest BCUT2D eigenvalue weighted by Crippen LogP contribution is 2.13. The van der Waals surface area contributed by atoms with Gasteiger partial charge in [0.15, 0.2) is 0 Å². The monoisotopic (exact) mass is 261 g/mol. The topological polar surface area (TPSA) is 87.3 Å². The van der Waals surface area contributed by atoms with E-state index < -0.39 is 10.9 Å². The van der Waals surface area contributed by atoms with E-state index in [-0.39, 0.29) is 12.3 Å². The summed E-state index contributed by atoms with van der Waals surface area (Å²) in [6.45, 7) is 0.0612. The maximum atomic E-state index is 11.6. The van der Waals surface area contributed by atoms with Crippen LogP contribution < -0.4 is 0 Å². The van der Waals surface area contributed by atoms with Crippen molar-refractivity contribution in [3.63, 3.8) is 0 Å². The first-order valence-electron chi connectivity index (χ1n) is 5.45. The van der Waals surface area contributed by atoms with E-state index >= 15 is 0 Å². The number of nitrogens with zero attached hydrogens (tertiary/aromatic N) is 3. The Hall–Kier alpha value is -2.70. The van der Waals surface area contributed by atoms with Gasteiger partial charge in [-0.1, -0.05) is 0 Å². The van der Waals surface area contributed by atoms with Crippen LogP contribution >= 0.6 is 0 Å². The molecule has 0 amide bonds. The number of carbonyl (C=O) groups excluding carboxylic acids is 1. The van der Waals surface area contributed by atoms with Gasteiger partial charge >= 0.3 is 5.97 Å². The molecule has 7 heteroatoms. The number of hydrogen-bond donors (Lipinski definition) is 0.